The van der Waals surface area contributed by atoms with E-state index in [1.165, 1.54) is 36.8 Å². The maximum Gasteiger partial charge on any atom is 0.256 e. The summed E-state index contributed by atoms with van der Waals surface area (Å²) in [5.74, 6) is 0.0348. The average molecular weight is 290 g/mol. The molecule has 3 aliphatic carbocycles. The average Bonchev–Trinajstić information content (AvgIpc) is 2.94. The fourth-order valence-corrected chi connectivity index (χ4v) is 4.85. The normalized spacial score (nSPS) is 31.2. The second kappa shape index (κ2) is 4.79. The van der Waals surface area contributed by atoms with Crippen molar-refractivity contribution in [3.8, 4) is 0 Å². The van der Waals surface area contributed by atoms with Gasteiger partial charge >= 0.3 is 0 Å². The molecule has 21 heavy (non-hydrogen) atoms. The van der Waals surface area contributed by atoms with Gasteiger partial charge in [-0.3, -0.25) is 0 Å². The molecule has 114 valence electrons. The summed E-state index contributed by atoms with van der Waals surface area (Å²) in [6, 6.07) is 4.22. The van der Waals surface area contributed by atoms with Gasteiger partial charge in [-0.15, -0.1) is 0 Å². The third-order valence-corrected chi connectivity index (χ3v) is 6.11. The molecule has 1 fully saturated rings. The van der Waals surface area contributed by atoms with Crippen LogP contribution in [0.1, 0.15) is 54.9 Å². The minimum Gasteiger partial charge on any atom is -0.206 e. The van der Waals surface area contributed by atoms with Crippen molar-refractivity contribution >= 4 is 0 Å². The molecule has 0 aliphatic heterocycles. The Morgan fingerprint density at radius 2 is 1.33 bits per heavy atom. The molecule has 1 aromatic carbocycles. The maximum atomic E-state index is 13.5. The molecule has 0 radical (unpaired) electrons. The van der Waals surface area contributed by atoms with Crippen LogP contribution in [0.4, 0.5) is 8.78 Å². The maximum absolute atomic E-state index is 13.5. The molecule has 0 bridgehead atoms. The first-order valence-electron chi connectivity index (χ1n) is 8.51. The number of alkyl halides is 2. The van der Waals surface area contributed by atoms with E-state index in [1.807, 2.05) is 0 Å². The van der Waals surface area contributed by atoms with E-state index >= 15 is 0 Å². The molecule has 0 spiro atoms. The Labute approximate surface area is 125 Å². The number of fused-ring (bicyclic) bond motifs is 2. The van der Waals surface area contributed by atoms with E-state index in [0.717, 1.165) is 41.7 Å². The molecule has 0 atom stereocenters. The molecule has 0 N–H and O–H groups in total. The van der Waals surface area contributed by atoms with Gasteiger partial charge in [0.1, 0.15) is 0 Å². The molecule has 4 rings (SSSR count). The minimum atomic E-state index is -2.50. The Morgan fingerprint density at radius 3 is 1.86 bits per heavy atom. The highest BCUT2D eigenvalue weighted by atomic mass is 19.3. The van der Waals surface area contributed by atoms with Crippen molar-refractivity contribution in [2.45, 2.75) is 64.2 Å². The molecular weight excluding hydrogens is 266 g/mol. The molecule has 0 saturated heterocycles. The molecule has 0 nitrogen and oxygen atoms in total. The second-order valence-corrected chi connectivity index (χ2v) is 7.79. The zero-order valence-electron chi connectivity index (χ0n) is 12.8. The fraction of sp³-hybridized carbons (Fsp3) is 0.684. The summed E-state index contributed by atoms with van der Waals surface area (Å²) in [7, 11) is 0. The zero-order valence-corrected chi connectivity index (χ0v) is 12.8. The van der Waals surface area contributed by atoms with Crippen LogP contribution in [0.25, 0.3) is 0 Å². The first kappa shape index (κ1) is 13.7. The van der Waals surface area contributed by atoms with Crippen LogP contribution in [0.15, 0.2) is 12.1 Å². The molecule has 1 aromatic rings. The van der Waals surface area contributed by atoms with Gasteiger partial charge in [0.15, 0.2) is 0 Å². The van der Waals surface area contributed by atoms with Crippen molar-refractivity contribution < 1.29 is 8.78 Å². The van der Waals surface area contributed by atoms with Gasteiger partial charge in [0, 0.05) is 12.8 Å². The Balaban J connectivity index is 1.51. The van der Waals surface area contributed by atoms with E-state index in [2.05, 4.69) is 19.1 Å². The zero-order chi connectivity index (χ0) is 14.6. The lowest BCUT2D eigenvalue weighted by atomic mass is 9.75. The van der Waals surface area contributed by atoms with Crippen LogP contribution in [-0.2, 0) is 25.7 Å². The Hall–Kier alpha value is -0.920. The third kappa shape index (κ3) is 2.51. The van der Waals surface area contributed by atoms with Crippen LogP contribution in [0, 0.1) is 17.8 Å². The van der Waals surface area contributed by atoms with Gasteiger partial charge in [-0.2, -0.15) is 0 Å². The highest BCUT2D eigenvalue weighted by molar-refractivity contribution is 5.45. The van der Waals surface area contributed by atoms with Crippen LogP contribution in [0.3, 0.4) is 0 Å². The van der Waals surface area contributed by atoms with Crippen LogP contribution in [0.2, 0.25) is 0 Å². The van der Waals surface area contributed by atoms with Gasteiger partial charge in [-0.1, -0.05) is 31.9 Å². The summed E-state index contributed by atoms with van der Waals surface area (Å²) in [6.45, 7) is 2.37. The molecule has 0 aromatic heterocycles. The fourth-order valence-electron chi connectivity index (χ4n) is 4.85. The van der Waals surface area contributed by atoms with Gasteiger partial charge in [0.25, 0.3) is 5.92 Å². The lowest BCUT2D eigenvalue weighted by molar-refractivity contribution is 0.0130. The van der Waals surface area contributed by atoms with Crippen LogP contribution in [-0.4, -0.2) is 5.92 Å². The van der Waals surface area contributed by atoms with E-state index in [-0.39, 0.29) is 12.8 Å². The molecule has 3 aliphatic rings. The lowest BCUT2D eigenvalue weighted by Crippen LogP contribution is -2.21. The summed E-state index contributed by atoms with van der Waals surface area (Å²) in [4.78, 5) is 0. The molecule has 0 amide bonds. The summed E-state index contributed by atoms with van der Waals surface area (Å²) in [5.41, 5.74) is 4.57. The number of benzene rings is 1. The summed E-state index contributed by atoms with van der Waals surface area (Å²) in [5, 5.41) is 0. The largest absolute Gasteiger partial charge is 0.256 e. The van der Waals surface area contributed by atoms with E-state index < -0.39 is 5.92 Å². The number of hydrogen-bond acceptors (Lipinski definition) is 0. The van der Waals surface area contributed by atoms with Gasteiger partial charge in [0.2, 0.25) is 0 Å². The van der Waals surface area contributed by atoms with Crippen molar-refractivity contribution in [3.05, 3.63) is 34.4 Å². The molecule has 1 saturated carbocycles. The molecular formula is C19H24F2. The van der Waals surface area contributed by atoms with E-state index in [9.17, 15) is 8.78 Å². The van der Waals surface area contributed by atoms with Crippen molar-refractivity contribution in [2.24, 2.45) is 17.8 Å². The smallest absolute Gasteiger partial charge is 0.206 e. The van der Waals surface area contributed by atoms with E-state index in [4.69, 9.17) is 0 Å². The van der Waals surface area contributed by atoms with Crippen LogP contribution < -0.4 is 0 Å². The monoisotopic (exact) mass is 290 g/mol. The second-order valence-electron chi connectivity index (χ2n) is 7.79. The number of rotatable bonds is 1. The SMILES string of the molecule is CC1CCC(C2Cc3cc4c(cc3C2)CC(F)(F)C4)CC1. The molecule has 0 unspecified atom stereocenters. The first-order valence-corrected chi connectivity index (χ1v) is 8.51. The molecule has 2 heteroatoms. The quantitative estimate of drug-likeness (QED) is 0.685. The summed E-state index contributed by atoms with van der Waals surface area (Å²) in [6.07, 6.45) is 7.68. The predicted octanol–water partition coefficient (Wildman–Crippen LogP) is 4.96. The summed E-state index contributed by atoms with van der Waals surface area (Å²) < 4.78 is 27.1. The summed E-state index contributed by atoms with van der Waals surface area (Å²) >= 11 is 0. The third-order valence-electron chi connectivity index (χ3n) is 6.11. The predicted molar refractivity (Wildman–Crippen MR) is 80.8 cm³/mol. The lowest BCUT2D eigenvalue weighted by Gasteiger charge is -2.30. The Morgan fingerprint density at radius 1 is 0.810 bits per heavy atom. The highest BCUT2D eigenvalue weighted by Crippen LogP contribution is 2.43. The standard InChI is InChI=1S/C19H24F2/c1-12-2-4-13(5-3-12)14-6-15-8-17-10-19(20,21)11-18(17)9-16(15)7-14/h8-9,12-14H,2-7,10-11H2,1H3. The number of halogens is 2. The van der Waals surface area contributed by atoms with Crippen molar-refractivity contribution in [1.82, 2.24) is 0 Å². The van der Waals surface area contributed by atoms with Crippen molar-refractivity contribution in [1.29, 1.82) is 0 Å². The highest BCUT2D eigenvalue weighted by Gasteiger charge is 2.39. The van der Waals surface area contributed by atoms with Gasteiger partial charge < -0.3 is 0 Å². The van der Waals surface area contributed by atoms with Gasteiger partial charge in [-0.05, 0) is 65.7 Å². The van der Waals surface area contributed by atoms with Crippen molar-refractivity contribution in [2.75, 3.05) is 0 Å². The minimum absolute atomic E-state index is 0.0405. The van der Waals surface area contributed by atoms with Crippen LogP contribution >= 0.6 is 0 Å². The van der Waals surface area contributed by atoms with Gasteiger partial charge in [0.05, 0.1) is 0 Å². The van der Waals surface area contributed by atoms with Crippen LogP contribution in [0.5, 0.6) is 0 Å². The topological polar surface area (TPSA) is 0 Å². The van der Waals surface area contributed by atoms with E-state index in [1.54, 1.807) is 0 Å². The molecule has 0 heterocycles. The van der Waals surface area contributed by atoms with E-state index in [0.29, 0.717) is 0 Å². The first-order chi connectivity index (χ1) is 10.00. The van der Waals surface area contributed by atoms with Gasteiger partial charge in [-0.25, -0.2) is 8.78 Å². The Bertz CT molecular complexity index is 516. The van der Waals surface area contributed by atoms with Crippen molar-refractivity contribution in [3.63, 3.8) is 0 Å². The number of hydrogen-bond donors (Lipinski definition) is 0. The Kier molecular flexibility index (Phi) is 3.13.